The first-order valence-corrected chi connectivity index (χ1v) is 7.14. The van der Waals surface area contributed by atoms with Crippen LogP contribution in [-0.4, -0.2) is 74.2 Å². The summed E-state index contributed by atoms with van der Waals surface area (Å²) in [6.07, 6.45) is 1.35. The second kappa shape index (κ2) is 4.84. The predicted octanol–water partition coefficient (Wildman–Crippen LogP) is -0.428. The maximum atomic E-state index is 3.82. The van der Waals surface area contributed by atoms with Gasteiger partial charge in [-0.25, -0.2) is 0 Å². The summed E-state index contributed by atoms with van der Waals surface area (Å²) in [5.74, 6) is 0.842. The molecule has 3 saturated heterocycles. The van der Waals surface area contributed by atoms with Gasteiger partial charge in [-0.1, -0.05) is 0 Å². The number of nitrogens with one attached hydrogen (secondary N) is 2. The summed E-state index contributed by atoms with van der Waals surface area (Å²) in [6, 6.07) is 2.15. The molecule has 2 unspecified atom stereocenters. The van der Waals surface area contributed by atoms with Crippen LogP contribution in [0.3, 0.4) is 0 Å². The highest BCUT2D eigenvalue weighted by Gasteiger charge is 2.40. The maximum absolute atomic E-state index is 3.82. The second-order valence-electron chi connectivity index (χ2n) is 6.07. The largest absolute Gasteiger partial charge is 0.314 e. The van der Waals surface area contributed by atoms with E-state index in [1.165, 1.54) is 26.1 Å². The van der Waals surface area contributed by atoms with Crippen molar-refractivity contribution in [2.24, 2.45) is 5.92 Å². The lowest BCUT2D eigenvalue weighted by Crippen LogP contribution is -2.57. The second-order valence-corrected chi connectivity index (χ2v) is 6.07. The average molecular weight is 238 g/mol. The van der Waals surface area contributed by atoms with Crippen molar-refractivity contribution in [3.05, 3.63) is 0 Å². The first-order valence-electron chi connectivity index (χ1n) is 7.14. The Morgan fingerprint density at radius 1 is 1.18 bits per heavy atom. The maximum Gasteiger partial charge on any atom is 0.0348 e. The molecule has 98 valence electrons. The van der Waals surface area contributed by atoms with Crippen molar-refractivity contribution < 1.29 is 0 Å². The van der Waals surface area contributed by atoms with Gasteiger partial charge in [-0.05, 0) is 32.9 Å². The van der Waals surface area contributed by atoms with Crippen LogP contribution < -0.4 is 10.6 Å². The van der Waals surface area contributed by atoms with Crippen LogP contribution in [0.5, 0.6) is 0 Å². The van der Waals surface area contributed by atoms with Gasteiger partial charge in [0.05, 0.1) is 0 Å². The number of likely N-dealkylation sites (N-methyl/N-ethyl adjacent to an activating group) is 1. The summed E-state index contributed by atoms with van der Waals surface area (Å²) < 4.78 is 0. The van der Waals surface area contributed by atoms with Crippen LogP contribution in [0.15, 0.2) is 0 Å². The molecule has 3 rings (SSSR count). The summed E-state index contributed by atoms with van der Waals surface area (Å²) >= 11 is 0. The molecule has 0 aromatic heterocycles. The lowest BCUT2D eigenvalue weighted by molar-refractivity contribution is 0.0706. The Kier molecular flexibility index (Phi) is 3.39. The van der Waals surface area contributed by atoms with Gasteiger partial charge in [-0.2, -0.15) is 0 Å². The molecular weight excluding hydrogens is 212 g/mol. The van der Waals surface area contributed by atoms with E-state index in [9.17, 15) is 0 Å². The van der Waals surface area contributed by atoms with Crippen molar-refractivity contribution in [2.75, 3.05) is 46.3 Å². The summed E-state index contributed by atoms with van der Waals surface area (Å²) in [6.45, 7) is 9.66. The Morgan fingerprint density at radius 3 is 2.94 bits per heavy atom. The molecule has 17 heavy (non-hydrogen) atoms. The van der Waals surface area contributed by atoms with Crippen LogP contribution in [0.2, 0.25) is 0 Å². The minimum Gasteiger partial charge on any atom is -0.314 e. The number of hydrogen-bond acceptors (Lipinski definition) is 4. The molecule has 3 aliphatic heterocycles. The smallest absolute Gasteiger partial charge is 0.0348 e. The molecule has 4 heteroatoms. The zero-order valence-electron chi connectivity index (χ0n) is 11.2. The minimum absolute atomic E-state index is 0.703. The van der Waals surface area contributed by atoms with E-state index in [4.69, 9.17) is 0 Å². The lowest BCUT2D eigenvalue weighted by atomic mass is 9.85. The quantitative estimate of drug-likeness (QED) is 0.600. The van der Waals surface area contributed by atoms with Crippen molar-refractivity contribution in [1.82, 2.24) is 20.4 Å². The summed E-state index contributed by atoms with van der Waals surface area (Å²) in [7, 11) is 2.25. The van der Waals surface area contributed by atoms with E-state index in [2.05, 4.69) is 34.4 Å². The third-order valence-electron chi connectivity index (χ3n) is 5.02. The van der Waals surface area contributed by atoms with Gasteiger partial charge in [0.25, 0.3) is 0 Å². The Labute approximate surface area is 105 Å². The van der Waals surface area contributed by atoms with E-state index in [0.29, 0.717) is 12.1 Å². The van der Waals surface area contributed by atoms with E-state index in [1.54, 1.807) is 0 Å². The van der Waals surface area contributed by atoms with Crippen molar-refractivity contribution >= 4 is 0 Å². The van der Waals surface area contributed by atoms with Crippen LogP contribution in [0.25, 0.3) is 0 Å². The molecule has 0 saturated carbocycles. The summed E-state index contributed by atoms with van der Waals surface area (Å²) in [5, 5.41) is 7.35. The highest BCUT2D eigenvalue weighted by Crippen LogP contribution is 2.28. The van der Waals surface area contributed by atoms with E-state index >= 15 is 0 Å². The number of hydrogen-bond donors (Lipinski definition) is 2. The first-order chi connectivity index (χ1) is 8.25. The van der Waals surface area contributed by atoms with Gasteiger partial charge in [0.1, 0.15) is 0 Å². The van der Waals surface area contributed by atoms with Crippen LogP contribution in [0, 0.1) is 5.92 Å². The Bertz CT molecular complexity index is 270. The van der Waals surface area contributed by atoms with Gasteiger partial charge < -0.3 is 15.5 Å². The molecule has 0 amide bonds. The molecule has 0 radical (unpaired) electrons. The zero-order chi connectivity index (χ0) is 11.8. The average Bonchev–Trinajstić information content (AvgIpc) is 2.48. The minimum atomic E-state index is 0.703. The fraction of sp³-hybridized carbons (Fsp3) is 1.00. The topological polar surface area (TPSA) is 30.5 Å². The third kappa shape index (κ3) is 2.24. The SMILES string of the molecule is C[C@H]1[C@@H]2CCN(C)CC2NCC2CNCCN21. The highest BCUT2D eigenvalue weighted by molar-refractivity contribution is 4.98. The zero-order valence-corrected chi connectivity index (χ0v) is 11.2. The van der Waals surface area contributed by atoms with E-state index < -0.39 is 0 Å². The summed E-state index contributed by atoms with van der Waals surface area (Å²) in [4.78, 5) is 5.23. The van der Waals surface area contributed by atoms with Gasteiger partial charge >= 0.3 is 0 Å². The Hall–Kier alpha value is -0.160. The van der Waals surface area contributed by atoms with Gasteiger partial charge in [0.2, 0.25) is 0 Å². The van der Waals surface area contributed by atoms with Gasteiger partial charge in [0.15, 0.2) is 0 Å². The van der Waals surface area contributed by atoms with Gasteiger partial charge in [-0.15, -0.1) is 0 Å². The van der Waals surface area contributed by atoms with Crippen molar-refractivity contribution in [1.29, 1.82) is 0 Å². The molecule has 2 N–H and O–H groups in total. The Balaban J connectivity index is 1.76. The van der Waals surface area contributed by atoms with Gasteiger partial charge in [-0.3, -0.25) is 4.90 Å². The van der Waals surface area contributed by atoms with Crippen LogP contribution in [-0.2, 0) is 0 Å². The third-order valence-corrected chi connectivity index (χ3v) is 5.02. The number of fused-ring (bicyclic) bond motifs is 2. The van der Waals surface area contributed by atoms with Crippen LogP contribution in [0.4, 0.5) is 0 Å². The first kappa shape index (κ1) is 11.9. The molecule has 3 heterocycles. The van der Waals surface area contributed by atoms with Crippen molar-refractivity contribution in [2.45, 2.75) is 31.5 Å². The number of piperazine rings is 1. The number of rotatable bonds is 0. The molecule has 0 bridgehead atoms. The summed E-state index contributed by atoms with van der Waals surface area (Å²) in [5.41, 5.74) is 0. The molecule has 0 spiro atoms. The van der Waals surface area contributed by atoms with Crippen molar-refractivity contribution in [3.8, 4) is 0 Å². The molecule has 0 aromatic rings. The Morgan fingerprint density at radius 2 is 2.06 bits per heavy atom. The standard InChI is InChI=1S/C13H26N4/c1-10-12-3-5-16(2)9-13(12)15-8-11-7-14-4-6-17(10)11/h10-15H,3-9H2,1-2H3/t10-,11?,12-,13?/m0/s1. The van der Waals surface area contributed by atoms with E-state index in [0.717, 1.165) is 31.6 Å². The number of nitrogens with zero attached hydrogens (tertiary/aromatic N) is 2. The van der Waals surface area contributed by atoms with Crippen LogP contribution >= 0.6 is 0 Å². The molecule has 4 atom stereocenters. The molecule has 3 fully saturated rings. The number of likely N-dealkylation sites (tertiary alicyclic amines) is 1. The normalized spacial score (nSPS) is 44.8. The number of piperidine rings is 1. The molecule has 0 aromatic carbocycles. The lowest BCUT2D eigenvalue weighted by Gasteiger charge is -2.43. The fourth-order valence-corrected chi connectivity index (χ4v) is 3.96. The monoisotopic (exact) mass is 238 g/mol. The highest BCUT2D eigenvalue weighted by atomic mass is 15.3. The van der Waals surface area contributed by atoms with E-state index in [-0.39, 0.29) is 0 Å². The fourth-order valence-electron chi connectivity index (χ4n) is 3.96. The molecule has 4 nitrogen and oxygen atoms in total. The molecule has 0 aliphatic carbocycles. The predicted molar refractivity (Wildman–Crippen MR) is 70.2 cm³/mol. The van der Waals surface area contributed by atoms with Crippen molar-refractivity contribution in [3.63, 3.8) is 0 Å². The van der Waals surface area contributed by atoms with Crippen LogP contribution in [0.1, 0.15) is 13.3 Å². The molecular formula is C13H26N4. The molecule has 3 aliphatic rings. The van der Waals surface area contributed by atoms with Gasteiger partial charge in [0, 0.05) is 50.8 Å². The van der Waals surface area contributed by atoms with E-state index in [1.807, 2.05) is 0 Å².